The van der Waals surface area contributed by atoms with E-state index in [1.54, 1.807) is 12.3 Å². The summed E-state index contributed by atoms with van der Waals surface area (Å²) in [5.74, 6) is -0.134. The fourth-order valence-electron chi connectivity index (χ4n) is 3.75. The Balaban J connectivity index is 1.65. The third-order valence-electron chi connectivity index (χ3n) is 5.05. The quantitative estimate of drug-likeness (QED) is 0.671. The van der Waals surface area contributed by atoms with Crippen molar-refractivity contribution in [2.24, 2.45) is 0 Å². The highest BCUT2D eigenvalue weighted by atomic mass is 16.6. The highest BCUT2D eigenvalue weighted by Gasteiger charge is 2.43. The molecule has 120 valence electrons. The Labute approximate surface area is 129 Å². The van der Waals surface area contributed by atoms with Gasteiger partial charge in [-0.1, -0.05) is 0 Å². The zero-order chi connectivity index (χ0) is 15.7. The van der Waals surface area contributed by atoms with Crippen molar-refractivity contribution < 1.29 is 10.0 Å². The number of hydrogen-bond acceptors (Lipinski definition) is 6. The summed E-state index contributed by atoms with van der Waals surface area (Å²) in [6, 6.07) is 3.42. The van der Waals surface area contributed by atoms with Crippen LogP contribution in [0.15, 0.2) is 18.3 Å². The lowest BCUT2D eigenvalue weighted by Gasteiger charge is -2.44. The molecule has 0 saturated carbocycles. The van der Waals surface area contributed by atoms with Crippen LogP contribution in [0.3, 0.4) is 0 Å². The van der Waals surface area contributed by atoms with Gasteiger partial charge in [0.25, 0.3) is 0 Å². The van der Waals surface area contributed by atoms with Crippen LogP contribution in [0.2, 0.25) is 0 Å². The van der Waals surface area contributed by atoms with Gasteiger partial charge in [0.05, 0.1) is 11.3 Å². The number of rotatable bonds is 3. The second kappa shape index (κ2) is 5.81. The van der Waals surface area contributed by atoms with Crippen molar-refractivity contribution in [3.8, 4) is 0 Å². The topological polar surface area (TPSA) is 82.7 Å². The van der Waals surface area contributed by atoms with Crippen molar-refractivity contribution in [1.29, 1.82) is 0 Å². The minimum Gasteiger partial charge on any atom is -0.388 e. The molecule has 0 aliphatic carbocycles. The molecule has 0 aromatic carbocycles. The number of hydrogen-bond donors (Lipinski definition) is 1. The molecule has 7 nitrogen and oxygen atoms in total. The third kappa shape index (κ3) is 2.78. The van der Waals surface area contributed by atoms with E-state index in [0.29, 0.717) is 0 Å². The number of anilines is 1. The molecule has 0 radical (unpaired) electrons. The van der Waals surface area contributed by atoms with E-state index < -0.39 is 10.5 Å². The molecule has 2 fully saturated rings. The minimum atomic E-state index is -0.615. The first-order valence-electron chi connectivity index (χ1n) is 7.78. The zero-order valence-corrected chi connectivity index (χ0v) is 12.8. The lowest BCUT2D eigenvalue weighted by atomic mass is 9.83. The standard InChI is InChI=1S/C15H22N4O3/c1-17-8-2-3-13(17)15(20)6-9-18(10-7-15)12-4-5-14(16-11-12)19(21)22/h4-5,11,13,20H,2-3,6-10H2,1H3. The number of aromatic nitrogens is 1. The summed E-state index contributed by atoms with van der Waals surface area (Å²) in [6.07, 6.45) is 5.20. The first kappa shape index (κ1) is 15.2. The van der Waals surface area contributed by atoms with Crippen LogP contribution in [0, 0.1) is 10.1 Å². The SMILES string of the molecule is CN1CCCC1C1(O)CCN(c2ccc([N+](=O)[O-])nc2)CC1. The molecule has 1 N–H and O–H groups in total. The Kier molecular flexibility index (Phi) is 4.01. The van der Waals surface area contributed by atoms with Crippen molar-refractivity contribution in [3.63, 3.8) is 0 Å². The summed E-state index contributed by atoms with van der Waals surface area (Å²) < 4.78 is 0. The van der Waals surface area contributed by atoms with Gasteiger partial charge in [0.2, 0.25) is 0 Å². The van der Waals surface area contributed by atoms with E-state index in [1.165, 1.54) is 6.07 Å². The Bertz CT molecular complexity index is 540. The number of likely N-dealkylation sites (tertiary alicyclic amines) is 1. The van der Waals surface area contributed by atoms with Crippen LogP contribution >= 0.6 is 0 Å². The van der Waals surface area contributed by atoms with Crippen LogP contribution in [0.25, 0.3) is 0 Å². The summed E-state index contributed by atoms with van der Waals surface area (Å²) in [5, 5.41) is 21.6. The largest absolute Gasteiger partial charge is 0.388 e. The molecule has 2 aliphatic heterocycles. The molecular weight excluding hydrogens is 284 g/mol. The monoisotopic (exact) mass is 306 g/mol. The molecule has 0 bridgehead atoms. The molecule has 1 aromatic rings. The highest BCUT2D eigenvalue weighted by Crippen LogP contribution is 2.35. The maximum Gasteiger partial charge on any atom is 0.363 e. The second-order valence-electron chi connectivity index (χ2n) is 6.36. The Hall–Kier alpha value is -1.73. The van der Waals surface area contributed by atoms with Crippen LogP contribution in [-0.2, 0) is 0 Å². The van der Waals surface area contributed by atoms with Gasteiger partial charge in [-0.25, -0.2) is 0 Å². The zero-order valence-electron chi connectivity index (χ0n) is 12.8. The lowest BCUT2D eigenvalue weighted by Crippen LogP contribution is -2.55. The van der Waals surface area contributed by atoms with Crippen molar-refractivity contribution >= 4 is 11.5 Å². The van der Waals surface area contributed by atoms with Crippen molar-refractivity contribution in [3.05, 3.63) is 28.4 Å². The molecule has 22 heavy (non-hydrogen) atoms. The Morgan fingerprint density at radius 1 is 1.36 bits per heavy atom. The number of nitro groups is 1. The second-order valence-corrected chi connectivity index (χ2v) is 6.36. The molecule has 0 amide bonds. The van der Waals surface area contributed by atoms with Gasteiger partial charge in [-0.3, -0.25) is 0 Å². The van der Waals surface area contributed by atoms with Crippen molar-refractivity contribution in [2.75, 3.05) is 31.6 Å². The smallest absolute Gasteiger partial charge is 0.363 e. The first-order chi connectivity index (χ1) is 10.5. The van der Waals surface area contributed by atoms with E-state index in [-0.39, 0.29) is 11.9 Å². The van der Waals surface area contributed by atoms with E-state index in [0.717, 1.165) is 51.0 Å². The predicted octanol–water partition coefficient (Wildman–Crippen LogP) is 1.42. The van der Waals surface area contributed by atoms with Crippen molar-refractivity contribution in [2.45, 2.75) is 37.3 Å². The predicted molar refractivity (Wildman–Crippen MR) is 82.9 cm³/mol. The summed E-state index contributed by atoms with van der Waals surface area (Å²) in [5.41, 5.74) is 0.267. The van der Waals surface area contributed by atoms with Crippen LogP contribution < -0.4 is 4.90 Å². The average molecular weight is 306 g/mol. The van der Waals surface area contributed by atoms with Crippen LogP contribution in [0.4, 0.5) is 11.5 Å². The number of nitrogens with zero attached hydrogens (tertiary/aromatic N) is 4. The molecule has 1 aromatic heterocycles. The van der Waals surface area contributed by atoms with Crippen LogP contribution in [0.1, 0.15) is 25.7 Å². The molecule has 2 saturated heterocycles. The summed E-state index contributed by atoms with van der Waals surface area (Å²) in [7, 11) is 2.09. The van der Waals surface area contributed by atoms with Gasteiger partial charge >= 0.3 is 5.82 Å². The number of piperidine rings is 1. The molecule has 0 spiro atoms. The first-order valence-corrected chi connectivity index (χ1v) is 7.78. The van der Waals surface area contributed by atoms with Gasteiger partial charge in [-0.2, -0.15) is 0 Å². The van der Waals surface area contributed by atoms with Crippen LogP contribution in [0.5, 0.6) is 0 Å². The van der Waals surface area contributed by atoms with E-state index in [1.807, 2.05) is 0 Å². The number of pyridine rings is 1. The normalized spacial score (nSPS) is 25.4. The van der Waals surface area contributed by atoms with Gasteiger partial charge in [-0.15, -0.1) is 0 Å². The maximum absolute atomic E-state index is 10.9. The van der Waals surface area contributed by atoms with Gasteiger partial charge < -0.3 is 25.0 Å². The van der Waals surface area contributed by atoms with E-state index in [2.05, 4.69) is 21.8 Å². The molecule has 2 aliphatic rings. The van der Waals surface area contributed by atoms with E-state index in [9.17, 15) is 15.2 Å². The van der Waals surface area contributed by atoms with E-state index >= 15 is 0 Å². The molecule has 3 heterocycles. The van der Waals surface area contributed by atoms with E-state index in [4.69, 9.17) is 0 Å². The fraction of sp³-hybridized carbons (Fsp3) is 0.667. The molecule has 1 atom stereocenters. The highest BCUT2D eigenvalue weighted by molar-refractivity contribution is 5.47. The fourth-order valence-corrected chi connectivity index (χ4v) is 3.75. The molecule has 1 unspecified atom stereocenters. The number of likely N-dealkylation sites (N-methyl/N-ethyl adjacent to an activating group) is 1. The number of aliphatic hydroxyl groups is 1. The Morgan fingerprint density at radius 2 is 2.09 bits per heavy atom. The minimum absolute atomic E-state index is 0.134. The van der Waals surface area contributed by atoms with Gasteiger partial charge in [0, 0.05) is 25.2 Å². The lowest BCUT2D eigenvalue weighted by molar-refractivity contribution is -0.389. The summed E-state index contributed by atoms with van der Waals surface area (Å²) >= 11 is 0. The summed E-state index contributed by atoms with van der Waals surface area (Å²) in [6.45, 7) is 2.56. The third-order valence-corrected chi connectivity index (χ3v) is 5.05. The molecule has 3 rings (SSSR count). The van der Waals surface area contributed by atoms with Gasteiger partial charge in [0.15, 0.2) is 6.20 Å². The van der Waals surface area contributed by atoms with Gasteiger partial charge in [0.1, 0.15) is 0 Å². The molecule has 7 heteroatoms. The van der Waals surface area contributed by atoms with Crippen LogP contribution in [-0.4, -0.2) is 58.2 Å². The van der Waals surface area contributed by atoms with Gasteiger partial charge in [-0.05, 0) is 55.2 Å². The average Bonchev–Trinajstić information content (AvgIpc) is 2.95. The molecular formula is C15H22N4O3. The Morgan fingerprint density at radius 3 is 2.59 bits per heavy atom. The maximum atomic E-state index is 10.9. The van der Waals surface area contributed by atoms with Crippen molar-refractivity contribution in [1.82, 2.24) is 9.88 Å². The summed E-state index contributed by atoms with van der Waals surface area (Å²) in [4.78, 5) is 18.4.